The molecule has 1 heterocycles. The monoisotopic (exact) mass is 648 g/mol. The van der Waals surface area contributed by atoms with Crippen molar-refractivity contribution in [3.63, 3.8) is 0 Å². The van der Waals surface area contributed by atoms with Crippen molar-refractivity contribution < 1.29 is 25.9 Å². The molecular weight excluding hydrogens is 625 g/mol. The molecule has 1 aliphatic carbocycles. The molecule has 46 heavy (non-hydrogen) atoms. The van der Waals surface area contributed by atoms with Crippen LogP contribution in [0.4, 0.5) is 17.1 Å². The average molecular weight is 649 g/mol. The zero-order valence-corrected chi connectivity index (χ0v) is 25.4. The Morgan fingerprint density at radius 2 is 1.30 bits per heavy atom. The van der Waals surface area contributed by atoms with E-state index in [4.69, 9.17) is 4.98 Å². The van der Waals surface area contributed by atoms with Crippen LogP contribution in [0.5, 0.6) is 0 Å². The first kappa shape index (κ1) is 29.3. The van der Waals surface area contributed by atoms with Crippen molar-refractivity contribution in [3.05, 3.63) is 133 Å². The normalized spacial score (nSPS) is 12.6. The van der Waals surface area contributed by atoms with Gasteiger partial charge in [-0.25, -0.2) is 9.98 Å². The van der Waals surface area contributed by atoms with Crippen molar-refractivity contribution >= 4 is 59.1 Å². The summed E-state index contributed by atoms with van der Waals surface area (Å²) >= 11 is 0. The smallest absolute Gasteiger partial charge is 0.296 e. The number of benzene rings is 6. The highest BCUT2D eigenvalue weighted by Gasteiger charge is 2.25. The second-order valence-corrected chi connectivity index (χ2v) is 13.2. The summed E-state index contributed by atoms with van der Waals surface area (Å²) < 4.78 is 72.9. The lowest BCUT2D eigenvalue weighted by molar-refractivity contribution is 0.480. The molecular formula is C34H24N4O6S2. The van der Waals surface area contributed by atoms with Crippen LogP contribution >= 0.6 is 0 Å². The lowest BCUT2D eigenvalue weighted by atomic mass is 10.0. The topological polar surface area (TPSA) is 151 Å². The average Bonchev–Trinajstić information content (AvgIpc) is 3.04. The number of aromatic nitrogens is 2. The molecule has 3 N–H and O–H groups in total. The molecule has 1 aliphatic heterocycles. The lowest BCUT2D eigenvalue weighted by Crippen LogP contribution is -2.18. The van der Waals surface area contributed by atoms with E-state index in [0.29, 0.717) is 44.9 Å². The van der Waals surface area contributed by atoms with Gasteiger partial charge in [0.25, 0.3) is 20.2 Å². The van der Waals surface area contributed by atoms with Crippen LogP contribution in [-0.4, -0.2) is 35.5 Å². The second kappa shape index (κ2) is 11.2. The number of hydrogen-bond acceptors (Lipinski definition) is 7. The maximum absolute atomic E-state index is 12.6. The number of hydrogen-bond donors (Lipinski definition) is 3. The van der Waals surface area contributed by atoms with Crippen molar-refractivity contribution in [2.24, 2.45) is 4.99 Å². The molecule has 0 saturated heterocycles. The second-order valence-electron chi connectivity index (χ2n) is 10.5. The highest BCUT2D eigenvalue weighted by molar-refractivity contribution is 7.86. The Hall–Kier alpha value is -5.40. The summed E-state index contributed by atoms with van der Waals surface area (Å²) in [6, 6.07) is 36.2. The molecule has 5 aromatic carbocycles. The van der Waals surface area contributed by atoms with Crippen LogP contribution in [0.15, 0.2) is 142 Å². The van der Waals surface area contributed by atoms with E-state index in [-0.39, 0.29) is 21.3 Å². The van der Waals surface area contributed by atoms with Gasteiger partial charge >= 0.3 is 0 Å². The van der Waals surface area contributed by atoms with Gasteiger partial charge in [-0.2, -0.15) is 16.8 Å². The van der Waals surface area contributed by atoms with Gasteiger partial charge in [-0.1, -0.05) is 66.7 Å². The Morgan fingerprint density at radius 3 is 1.96 bits per heavy atom. The molecule has 0 radical (unpaired) electrons. The van der Waals surface area contributed by atoms with Crippen LogP contribution in [0.25, 0.3) is 38.9 Å². The van der Waals surface area contributed by atoms with Crippen molar-refractivity contribution in [3.8, 4) is 17.1 Å². The SMILES string of the molecule is O=S(=O)(O)c1cc2nc3c4cccc(S(=O)(=O)O)c4c(Nc4ccccc4)cc3n(-c3ccccc3)c-2cc1=Nc1ccccc1. The molecule has 0 fully saturated rings. The zero-order chi connectivity index (χ0) is 32.1. The first-order chi connectivity index (χ1) is 22.1. The van der Waals surface area contributed by atoms with Gasteiger partial charge in [0, 0.05) is 22.1 Å². The molecule has 7 rings (SSSR count). The van der Waals surface area contributed by atoms with Crippen LogP contribution < -0.4 is 10.7 Å². The van der Waals surface area contributed by atoms with Crippen molar-refractivity contribution in [2.45, 2.75) is 9.79 Å². The molecule has 5 aromatic rings. The van der Waals surface area contributed by atoms with Gasteiger partial charge in [0.1, 0.15) is 9.79 Å². The van der Waals surface area contributed by atoms with Gasteiger partial charge in [-0.3, -0.25) is 9.11 Å². The molecule has 10 nitrogen and oxygen atoms in total. The van der Waals surface area contributed by atoms with Gasteiger partial charge in [0.15, 0.2) is 0 Å². The van der Waals surface area contributed by atoms with E-state index in [1.807, 2.05) is 65.2 Å². The van der Waals surface area contributed by atoms with Gasteiger partial charge < -0.3 is 9.88 Å². The zero-order valence-electron chi connectivity index (χ0n) is 23.8. The van der Waals surface area contributed by atoms with E-state index in [1.165, 1.54) is 18.2 Å². The summed E-state index contributed by atoms with van der Waals surface area (Å²) in [5, 5.41) is 3.88. The van der Waals surface area contributed by atoms with Crippen molar-refractivity contribution in [1.29, 1.82) is 0 Å². The van der Waals surface area contributed by atoms with Crippen molar-refractivity contribution in [1.82, 2.24) is 9.55 Å². The largest absolute Gasteiger partial charge is 0.355 e. The summed E-state index contributed by atoms with van der Waals surface area (Å²) in [6.07, 6.45) is 0. The highest BCUT2D eigenvalue weighted by Crippen LogP contribution is 2.40. The summed E-state index contributed by atoms with van der Waals surface area (Å²) in [5.41, 5.74) is 3.76. The predicted octanol–water partition coefficient (Wildman–Crippen LogP) is 6.75. The summed E-state index contributed by atoms with van der Waals surface area (Å²) in [7, 11) is -9.43. The van der Waals surface area contributed by atoms with E-state index < -0.39 is 25.1 Å². The molecule has 0 unspecified atom stereocenters. The molecule has 0 amide bonds. The fraction of sp³-hybridized carbons (Fsp3) is 0. The fourth-order valence-electron chi connectivity index (χ4n) is 5.56. The highest BCUT2D eigenvalue weighted by atomic mass is 32.2. The number of nitrogens with zero attached hydrogens (tertiary/aromatic N) is 3. The quantitative estimate of drug-likeness (QED) is 0.102. The van der Waals surface area contributed by atoms with E-state index in [0.717, 1.165) is 0 Å². The minimum Gasteiger partial charge on any atom is -0.355 e. The van der Waals surface area contributed by atoms with E-state index in [2.05, 4.69) is 10.3 Å². The molecule has 12 heteroatoms. The van der Waals surface area contributed by atoms with Gasteiger partial charge in [0.2, 0.25) is 0 Å². The third-order valence-corrected chi connectivity index (χ3v) is 9.25. The molecule has 0 atom stereocenters. The third kappa shape index (κ3) is 5.39. The Bertz CT molecular complexity index is 2540. The maximum atomic E-state index is 12.6. The number of anilines is 2. The molecule has 0 spiro atoms. The Balaban J connectivity index is 1.69. The van der Waals surface area contributed by atoms with Crippen LogP contribution in [0.3, 0.4) is 0 Å². The molecule has 0 aromatic heterocycles. The predicted molar refractivity (Wildman–Crippen MR) is 176 cm³/mol. The van der Waals surface area contributed by atoms with Crippen LogP contribution in [-0.2, 0) is 20.2 Å². The Labute approximate surface area is 263 Å². The standard InChI is InChI=1S/C34H24N4O6S2/c39-45(40,41)31-18-10-17-25-33(31)28(36-23-13-6-2-7-14-23)20-30-34(25)37-26-21-32(46(42,43)44)27(35-22-11-4-1-5-12-22)19-29(26)38(30)24-15-8-3-9-16-24/h1-21,36H,(H,39,40,41)(H,42,43,44). The number of nitrogens with one attached hydrogen (secondary N) is 1. The lowest BCUT2D eigenvalue weighted by Gasteiger charge is -2.22. The molecule has 0 bridgehead atoms. The summed E-state index contributed by atoms with van der Waals surface area (Å²) in [5.74, 6) is 0. The summed E-state index contributed by atoms with van der Waals surface area (Å²) in [4.78, 5) is 8.62. The van der Waals surface area contributed by atoms with Crippen LogP contribution in [0.1, 0.15) is 0 Å². The van der Waals surface area contributed by atoms with E-state index >= 15 is 0 Å². The number of fused-ring (bicyclic) bond motifs is 4. The minimum absolute atomic E-state index is 0.00381. The third-order valence-electron chi connectivity index (χ3n) is 7.47. The Kier molecular flexibility index (Phi) is 7.13. The van der Waals surface area contributed by atoms with E-state index in [9.17, 15) is 25.9 Å². The van der Waals surface area contributed by atoms with Crippen LogP contribution in [0, 0.1) is 0 Å². The number of rotatable bonds is 6. The summed E-state index contributed by atoms with van der Waals surface area (Å²) in [6.45, 7) is 0. The maximum Gasteiger partial charge on any atom is 0.296 e. The first-order valence-electron chi connectivity index (χ1n) is 14.0. The first-order valence-corrected chi connectivity index (χ1v) is 16.8. The van der Waals surface area contributed by atoms with Gasteiger partial charge in [-0.05, 0) is 60.7 Å². The fourth-order valence-corrected chi connectivity index (χ4v) is 6.91. The number of para-hydroxylation sites is 3. The molecule has 2 aliphatic rings. The van der Waals surface area contributed by atoms with Crippen molar-refractivity contribution in [2.75, 3.05) is 5.32 Å². The van der Waals surface area contributed by atoms with Crippen LogP contribution in [0.2, 0.25) is 0 Å². The van der Waals surface area contributed by atoms with Gasteiger partial charge in [-0.15, -0.1) is 0 Å². The van der Waals surface area contributed by atoms with E-state index in [1.54, 1.807) is 48.5 Å². The molecule has 228 valence electrons. The molecule has 0 saturated carbocycles. The van der Waals surface area contributed by atoms with Gasteiger partial charge in [0.05, 0.1) is 39.2 Å². The minimum atomic E-state index is -4.75. The Morgan fingerprint density at radius 1 is 0.674 bits per heavy atom.